The Kier molecular flexibility index (Phi) is 2.86. The summed E-state index contributed by atoms with van der Waals surface area (Å²) in [5, 5.41) is 2.00. The van der Waals surface area contributed by atoms with Gasteiger partial charge in [-0.1, -0.05) is 24.3 Å². The van der Waals surface area contributed by atoms with Gasteiger partial charge in [-0.05, 0) is 17.7 Å². The zero-order valence-corrected chi connectivity index (χ0v) is 10.2. The Bertz CT molecular complexity index is 648. The fourth-order valence-electron chi connectivity index (χ4n) is 1.84. The number of aromatic nitrogens is 2. The molecule has 2 nitrogen and oxygen atoms in total. The van der Waals surface area contributed by atoms with Gasteiger partial charge in [0, 0.05) is 22.7 Å². The second-order valence-corrected chi connectivity index (χ2v) is 4.51. The number of halogens is 1. The first-order valence-corrected chi connectivity index (χ1v) is 6.38. The van der Waals surface area contributed by atoms with Crippen molar-refractivity contribution >= 4 is 11.3 Å². The van der Waals surface area contributed by atoms with Crippen LogP contribution in [0.15, 0.2) is 53.5 Å². The Morgan fingerprint density at radius 2 is 1.78 bits per heavy atom. The number of hydrogen-bond donors (Lipinski definition) is 0. The molecule has 0 fully saturated rings. The van der Waals surface area contributed by atoms with Crippen LogP contribution in [0.4, 0.5) is 4.39 Å². The summed E-state index contributed by atoms with van der Waals surface area (Å²) in [6.07, 6.45) is 1.54. The van der Waals surface area contributed by atoms with Crippen LogP contribution in [0.25, 0.3) is 22.4 Å². The lowest BCUT2D eigenvalue weighted by Gasteiger charge is -2.07. The second-order valence-electron chi connectivity index (χ2n) is 3.79. The quantitative estimate of drug-likeness (QED) is 0.647. The van der Waals surface area contributed by atoms with E-state index in [9.17, 15) is 4.39 Å². The maximum absolute atomic E-state index is 12.9. The van der Waals surface area contributed by atoms with E-state index in [1.54, 1.807) is 29.1 Å². The van der Waals surface area contributed by atoms with Crippen LogP contribution in [0.2, 0.25) is 0 Å². The zero-order chi connectivity index (χ0) is 12.4. The average molecular weight is 256 g/mol. The van der Waals surface area contributed by atoms with Crippen molar-refractivity contribution in [3.63, 3.8) is 0 Å². The fourth-order valence-corrected chi connectivity index (χ4v) is 2.39. The van der Waals surface area contributed by atoms with Gasteiger partial charge in [0.25, 0.3) is 0 Å². The minimum Gasteiger partial charge on any atom is -0.245 e. The van der Waals surface area contributed by atoms with Crippen molar-refractivity contribution in [3.05, 3.63) is 59.4 Å². The molecule has 0 bridgehead atoms. The summed E-state index contributed by atoms with van der Waals surface area (Å²) < 4.78 is 12.9. The monoisotopic (exact) mass is 256 g/mol. The van der Waals surface area contributed by atoms with Crippen LogP contribution in [0.5, 0.6) is 0 Å². The molecule has 0 N–H and O–H groups in total. The van der Waals surface area contributed by atoms with E-state index in [1.807, 2.05) is 29.6 Å². The molecule has 0 saturated carbocycles. The molecule has 0 radical (unpaired) electrons. The molecule has 88 valence electrons. The minimum atomic E-state index is -0.468. The number of thiazole rings is 1. The highest BCUT2D eigenvalue weighted by Crippen LogP contribution is 2.31. The lowest BCUT2D eigenvalue weighted by Crippen LogP contribution is -1.87. The van der Waals surface area contributed by atoms with Crippen LogP contribution >= 0.6 is 11.3 Å². The van der Waals surface area contributed by atoms with E-state index in [0.29, 0.717) is 0 Å². The third kappa shape index (κ3) is 2.02. The first kappa shape index (κ1) is 11.0. The molecule has 3 aromatic rings. The van der Waals surface area contributed by atoms with E-state index in [2.05, 4.69) is 9.97 Å². The molecule has 4 heteroatoms. The molecule has 0 saturated heterocycles. The van der Waals surface area contributed by atoms with Crippen LogP contribution in [0.3, 0.4) is 0 Å². The van der Waals surface area contributed by atoms with Crippen molar-refractivity contribution in [1.82, 2.24) is 9.97 Å². The predicted molar refractivity (Wildman–Crippen MR) is 70.7 cm³/mol. The molecule has 3 rings (SSSR count). The van der Waals surface area contributed by atoms with Gasteiger partial charge < -0.3 is 0 Å². The Balaban J connectivity index is 2.15. The van der Waals surface area contributed by atoms with Crippen LogP contribution in [-0.2, 0) is 0 Å². The molecule has 0 aliphatic rings. The van der Waals surface area contributed by atoms with E-state index in [0.717, 1.165) is 22.4 Å². The van der Waals surface area contributed by atoms with Gasteiger partial charge in [-0.3, -0.25) is 0 Å². The Morgan fingerprint density at radius 1 is 0.944 bits per heavy atom. The smallest absolute Gasteiger partial charge is 0.212 e. The third-order valence-corrected chi connectivity index (χ3v) is 3.26. The maximum atomic E-state index is 12.9. The van der Waals surface area contributed by atoms with Crippen molar-refractivity contribution in [2.24, 2.45) is 0 Å². The summed E-state index contributed by atoms with van der Waals surface area (Å²) in [6.45, 7) is 0. The Labute approximate surface area is 108 Å². The summed E-state index contributed by atoms with van der Waals surface area (Å²) in [6, 6.07) is 11.0. The maximum Gasteiger partial charge on any atom is 0.212 e. The normalized spacial score (nSPS) is 10.5. The summed E-state index contributed by atoms with van der Waals surface area (Å²) >= 11 is 1.55. The van der Waals surface area contributed by atoms with Crippen LogP contribution in [0.1, 0.15) is 0 Å². The first-order chi connectivity index (χ1) is 8.84. The minimum absolute atomic E-state index is 0.468. The van der Waals surface area contributed by atoms with Crippen molar-refractivity contribution in [2.45, 2.75) is 0 Å². The molecule has 0 amide bonds. The predicted octanol–water partition coefficient (Wildman–Crippen LogP) is 4.01. The number of rotatable bonds is 2. The molecule has 0 aliphatic heterocycles. The van der Waals surface area contributed by atoms with Gasteiger partial charge in [0.15, 0.2) is 0 Å². The van der Waals surface area contributed by atoms with Crippen LogP contribution in [0, 0.1) is 5.95 Å². The topological polar surface area (TPSA) is 25.8 Å². The standard InChI is InChI=1S/C14H9FN2S/c15-14-6-5-10(7-16-14)11-3-1-2-4-12(11)13-8-18-9-17-13/h1-9H. The number of benzene rings is 1. The molecule has 0 spiro atoms. The molecule has 0 aliphatic carbocycles. The lowest BCUT2D eigenvalue weighted by atomic mass is 9.99. The SMILES string of the molecule is Fc1ccc(-c2ccccc2-c2cscn2)cn1. The van der Waals surface area contributed by atoms with E-state index in [4.69, 9.17) is 0 Å². The van der Waals surface area contributed by atoms with Crippen LogP contribution < -0.4 is 0 Å². The van der Waals surface area contributed by atoms with Gasteiger partial charge in [-0.2, -0.15) is 4.39 Å². The molecule has 2 aromatic heterocycles. The van der Waals surface area contributed by atoms with Gasteiger partial charge in [-0.15, -0.1) is 11.3 Å². The molecule has 1 aromatic carbocycles. The van der Waals surface area contributed by atoms with Crippen molar-refractivity contribution < 1.29 is 4.39 Å². The lowest BCUT2D eigenvalue weighted by molar-refractivity contribution is 0.584. The Hall–Kier alpha value is -2.07. The highest BCUT2D eigenvalue weighted by Gasteiger charge is 2.08. The van der Waals surface area contributed by atoms with Gasteiger partial charge in [0.05, 0.1) is 11.2 Å². The first-order valence-electron chi connectivity index (χ1n) is 5.44. The largest absolute Gasteiger partial charge is 0.245 e. The van der Waals surface area contributed by atoms with Crippen molar-refractivity contribution in [3.8, 4) is 22.4 Å². The number of pyridine rings is 1. The molecule has 18 heavy (non-hydrogen) atoms. The van der Waals surface area contributed by atoms with E-state index in [1.165, 1.54) is 6.07 Å². The van der Waals surface area contributed by atoms with E-state index >= 15 is 0 Å². The molecule has 2 heterocycles. The van der Waals surface area contributed by atoms with Crippen molar-refractivity contribution in [2.75, 3.05) is 0 Å². The van der Waals surface area contributed by atoms with E-state index < -0.39 is 5.95 Å². The summed E-state index contributed by atoms with van der Waals surface area (Å²) in [5.41, 5.74) is 5.66. The van der Waals surface area contributed by atoms with Gasteiger partial charge in [0.2, 0.25) is 5.95 Å². The highest BCUT2D eigenvalue weighted by atomic mass is 32.1. The fraction of sp³-hybridized carbons (Fsp3) is 0. The van der Waals surface area contributed by atoms with Gasteiger partial charge in [0.1, 0.15) is 0 Å². The van der Waals surface area contributed by atoms with Crippen molar-refractivity contribution in [1.29, 1.82) is 0 Å². The Morgan fingerprint density at radius 3 is 2.44 bits per heavy atom. The van der Waals surface area contributed by atoms with Gasteiger partial charge >= 0.3 is 0 Å². The molecule has 0 unspecified atom stereocenters. The van der Waals surface area contributed by atoms with E-state index in [-0.39, 0.29) is 0 Å². The van der Waals surface area contributed by atoms with Crippen LogP contribution in [-0.4, -0.2) is 9.97 Å². The molecular formula is C14H9FN2S. The summed E-state index contributed by atoms with van der Waals surface area (Å²) in [7, 11) is 0. The average Bonchev–Trinajstić information content (AvgIpc) is 2.93. The number of nitrogens with zero attached hydrogens (tertiary/aromatic N) is 2. The zero-order valence-electron chi connectivity index (χ0n) is 9.38. The summed E-state index contributed by atoms with van der Waals surface area (Å²) in [4.78, 5) is 8.01. The third-order valence-electron chi connectivity index (χ3n) is 2.67. The molecule has 0 atom stereocenters. The molecular weight excluding hydrogens is 247 g/mol. The number of hydrogen-bond acceptors (Lipinski definition) is 3. The highest BCUT2D eigenvalue weighted by molar-refractivity contribution is 7.07. The summed E-state index contributed by atoms with van der Waals surface area (Å²) in [5.74, 6) is -0.468. The van der Waals surface area contributed by atoms with Gasteiger partial charge in [-0.25, -0.2) is 9.97 Å². The second kappa shape index (κ2) is 4.66.